The molecule has 0 aliphatic carbocycles. The number of likely N-dealkylation sites (N-methyl/N-ethyl adjacent to an activating group) is 1. The Morgan fingerprint density at radius 1 is 1.09 bits per heavy atom. The summed E-state index contributed by atoms with van der Waals surface area (Å²) in [5.41, 5.74) is 2.21. The second-order valence-corrected chi connectivity index (χ2v) is 10.2. The number of rotatable bonds is 6. The third kappa shape index (κ3) is 5.03. The van der Waals surface area contributed by atoms with E-state index in [1.54, 1.807) is 29.2 Å². The molecular formula is C21H25ClN4O5S. The number of piperazine rings is 1. The van der Waals surface area contributed by atoms with Gasteiger partial charge >= 0.3 is 0 Å². The maximum atomic E-state index is 12.9. The first kappa shape index (κ1) is 24.0. The van der Waals surface area contributed by atoms with Crippen LogP contribution < -0.4 is 4.90 Å². The maximum Gasteiger partial charge on any atom is 0.294 e. The Balaban J connectivity index is 1.64. The molecule has 2 aromatic carbocycles. The van der Waals surface area contributed by atoms with Crippen molar-refractivity contribution in [3.8, 4) is 0 Å². The number of amides is 1. The summed E-state index contributed by atoms with van der Waals surface area (Å²) in [7, 11) is -2.41. The predicted octanol–water partition coefficient (Wildman–Crippen LogP) is 2.83. The summed E-state index contributed by atoms with van der Waals surface area (Å²) < 4.78 is 26.8. The lowest BCUT2D eigenvalue weighted by Gasteiger charge is -2.36. The zero-order chi connectivity index (χ0) is 23.6. The molecule has 32 heavy (non-hydrogen) atoms. The van der Waals surface area contributed by atoms with Crippen molar-refractivity contribution in [2.75, 3.05) is 44.7 Å². The van der Waals surface area contributed by atoms with Crippen molar-refractivity contribution in [1.82, 2.24) is 9.21 Å². The molecule has 0 radical (unpaired) electrons. The maximum absolute atomic E-state index is 12.9. The van der Waals surface area contributed by atoms with E-state index in [1.165, 1.54) is 19.2 Å². The molecule has 11 heteroatoms. The third-order valence-electron chi connectivity index (χ3n) is 5.65. The Morgan fingerprint density at radius 3 is 2.34 bits per heavy atom. The zero-order valence-electron chi connectivity index (χ0n) is 18.1. The van der Waals surface area contributed by atoms with Gasteiger partial charge in [-0.3, -0.25) is 14.9 Å². The average Bonchev–Trinajstić information content (AvgIpc) is 2.75. The molecule has 0 atom stereocenters. The minimum Gasteiger partial charge on any atom is -0.362 e. The number of nitro groups is 1. The Bertz CT molecular complexity index is 1150. The summed E-state index contributed by atoms with van der Waals surface area (Å²) in [6, 6.07) is 9.38. The summed E-state index contributed by atoms with van der Waals surface area (Å²) in [6.07, 6.45) is 0. The molecule has 1 fully saturated rings. The van der Waals surface area contributed by atoms with Crippen LogP contribution in [0, 0.1) is 24.0 Å². The Kier molecular flexibility index (Phi) is 7.06. The number of carbonyl (C=O) groups excluding carboxylic acids is 1. The van der Waals surface area contributed by atoms with Crippen molar-refractivity contribution in [1.29, 1.82) is 0 Å². The zero-order valence-corrected chi connectivity index (χ0v) is 19.7. The molecular weight excluding hydrogens is 456 g/mol. The normalized spacial score (nSPS) is 14.7. The van der Waals surface area contributed by atoms with Crippen LogP contribution in [-0.4, -0.2) is 68.2 Å². The van der Waals surface area contributed by atoms with Crippen LogP contribution in [0.4, 0.5) is 11.4 Å². The van der Waals surface area contributed by atoms with E-state index in [9.17, 15) is 23.3 Å². The number of benzene rings is 2. The molecule has 1 aliphatic heterocycles. The number of halogens is 1. The van der Waals surface area contributed by atoms with E-state index in [0.29, 0.717) is 31.9 Å². The van der Waals surface area contributed by atoms with Gasteiger partial charge in [0.25, 0.3) is 5.69 Å². The molecule has 172 valence electrons. The Labute approximate surface area is 192 Å². The molecule has 1 aliphatic rings. The van der Waals surface area contributed by atoms with Gasteiger partial charge in [0.1, 0.15) is 5.69 Å². The van der Waals surface area contributed by atoms with Gasteiger partial charge in [-0.05, 0) is 49.2 Å². The summed E-state index contributed by atoms with van der Waals surface area (Å²) in [5, 5.41) is 11.6. The minimum absolute atomic E-state index is 0.0866. The van der Waals surface area contributed by atoms with Crippen molar-refractivity contribution in [2.24, 2.45) is 0 Å². The van der Waals surface area contributed by atoms with E-state index in [2.05, 4.69) is 0 Å². The van der Waals surface area contributed by atoms with Crippen LogP contribution in [0.2, 0.25) is 5.02 Å². The van der Waals surface area contributed by atoms with Crippen LogP contribution in [0.5, 0.6) is 0 Å². The number of anilines is 1. The molecule has 0 N–H and O–H groups in total. The second-order valence-electron chi connectivity index (χ2n) is 7.77. The lowest BCUT2D eigenvalue weighted by atomic mass is 10.1. The van der Waals surface area contributed by atoms with Crippen molar-refractivity contribution in [3.05, 3.63) is 62.7 Å². The summed E-state index contributed by atoms with van der Waals surface area (Å²) in [4.78, 5) is 27.2. The molecule has 0 aromatic heterocycles. The Morgan fingerprint density at radius 2 is 1.75 bits per heavy atom. The van der Waals surface area contributed by atoms with E-state index in [1.807, 2.05) is 18.7 Å². The number of hydrogen-bond donors (Lipinski definition) is 0. The fourth-order valence-electron chi connectivity index (χ4n) is 3.54. The van der Waals surface area contributed by atoms with Crippen LogP contribution >= 0.6 is 11.6 Å². The van der Waals surface area contributed by atoms with E-state index in [4.69, 9.17) is 11.6 Å². The van der Waals surface area contributed by atoms with Crippen LogP contribution in [0.25, 0.3) is 0 Å². The van der Waals surface area contributed by atoms with Gasteiger partial charge in [0.05, 0.1) is 16.4 Å². The third-order valence-corrected chi connectivity index (χ3v) is 7.69. The molecule has 3 rings (SSSR count). The summed E-state index contributed by atoms with van der Waals surface area (Å²) >= 11 is 5.88. The van der Waals surface area contributed by atoms with E-state index >= 15 is 0 Å². The highest BCUT2D eigenvalue weighted by atomic mass is 35.5. The fraction of sp³-hybridized carbons (Fsp3) is 0.381. The lowest BCUT2D eigenvalue weighted by Crippen LogP contribution is -2.51. The van der Waals surface area contributed by atoms with Gasteiger partial charge in [0.15, 0.2) is 0 Å². The topological polar surface area (TPSA) is 104 Å². The minimum atomic E-state index is -3.80. The quantitative estimate of drug-likeness (QED) is 0.465. The highest BCUT2D eigenvalue weighted by molar-refractivity contribution is 7.89. The molecule has 1 amide bonds. The molecule has 0 unspecified atom stereocenters. The van der Waals surface area contributed by atoms with Gasteiger partial charge in [-0.25, -0.2) is 8.42 Å². The fourth-order valence-corrected chi connectivity index (χ4v) is 4.91. The number of nitro benzene ring substituents is 1. The van der Waals surface area contributed by atoms with Gasteiger partial charge in [-0.15, -0.1) is 0 Å². The number of nitrogens with zero attached hydrogens (tertiary/aromatic N) is 4. The Hall–Kier alpha value is -2.69. The van der Waals surface area contributed by atoms with Gasteiger partial charge in [0, 0.05) is 44.3 Å². The SMILES string of the molecule is Cc1ccc(S(=O)(=O)N(C)CC(=O)N2CCN(c3ccc(Cl)cc3[N+](=O)[O-])CC2)cc1C. The molecule has 9 nitrogen and oxygen atoms in total. The molecule has 0 saturated carbocycles. The van der Waals surface area contributed by atoms with Crippen LogP contribution in [0.3, 0.4) is 0 Å². The number of aryl methyl sites for hydroxylation is 2. The summed E-state index contributed by atoms with van der Waals surface area (Å²) in [6.45, 7) is 4.90. The van der Waals surface area contributed by atoms with Gasteiger partial charge < -0.3 is 9.80 Å². The van der Waals surface area contributed by atoms with Crippen molar-refractivity contribution in [3.63, 3.8) is 0 Å². The first-order chi connectivity index (χ1) is 15.0. The number of carbonyl (C=O) groups is 1. The standard InChI is InChI=1S/C21H25ClN4O5S/c1-15-4-6-18(12-16(15)2)32(30,31)23(3)14-21(27)25-10-8-24(9-11-25)19-7-5-17(22)13-20(19)26(28)29/h4-7,12-13H,8-11,14H2,1-3H3. The largest absolute Gasteiger partial charge is 0.362 e. The van der Waals surface area contributed by atoms with Gasteiger partial charge in [-0.1, -0.05) is 17.7 Å². The molecule has 1 heterocycles. The first-order valence-corrected chi connectivity index (χ1v) is 11.8. The highest BCUT2D eigenvalue weighted by Gasteiger charge is 2.29. The van der Waals surface area contributed by atoms with Crippen molar-refractivity contribution >= 4 is 38.9 Å². The van der Waals surface area contributed by atoms with Gasteiger partial charge in [0.2, 0.25) is 15.9 Å². The number of sulfonamides is 1. The van der Waals surface area contributed by atoms with Crippen molar-refractivity contribution < 1.29 is 18.1 Å². The first-order valence-electron chi connectivity index (χ1n) is 10.0. The second kappa shape index (κ2) is 9.43. The average molecular weight is 481 g/mol. The molecule has 2 aromatic rings. The van der Waals surface area contributed by atoms with E-state index in [-0.39, 0.29) is 28.1 Å². The molecule has 0 bridgehead atoms. The van der Waals surface area contributed by atoms with Crippen LogP contribution in [0.1, 0.15) is 11.1 Å². The predicted molar refractivity (Wildman–Crippen MR) is 123 cm³/mol. The van der Waals surface area contributed by atoms with Crippen LogP contribution in [-0.2, 0) is 14.8 Å². The van der Waals surface area contributed by atoms with Gasteiger partial charge in [-0.2, -0.15) is 4.31 Å². The number of hydrogen-bond acceptors (Lipinski definition) is 6. The van der Waals surface area contributed by atoms with Crippen LogP contribution in [0.15, 0.2) is 41.3 Å². The smallest absolute Gasteiger partial charge is 0.294 e. The summed E-state index contributed by atoms with van der Waals surface area (Å²) in [5.74, 6) is -0.315. The monoisotopic (exact) mass is 480 g/mol. The highest BCUT2D eigenvalue weighted by Crippen LogP contribution is 2.31. The molecule has 0 spiro atoms. The van der Waals surface area contributed by atoms with Crippen molar-refractivity contribution in [2.45, 2.75) is 18.7 Å². The lowest BCUT2D eigenvalue weighted by molar-refractivity contribution is -0.384. The van der Waals surface area contributed by atoms with E-state index < -0.39 is 14.9 Å². The molecule has 1 saturated heterocycles. The van der Waals surface area contributed by atoms with E-state index in [0.717, 1.165) is 15.4 Å².